The smallest absolute Gasteiger partial charge is 0.337 e. The van der Waals surface area contributed by atoms with Gasteiger partial charge in [0.05, 0.1) is 11.3 Å². The fourth-order valence-electron chi connectivity index (χ4n) is 3.68. The van der Waals surface area contributed by atoms with Crippen molar-refractivity contribution in [2.45, 2.75) is 37.6 Å². The summed E-state index contributed by atoms with van der Waals surface area (Å²) in [5.74, 6) is -0.221. The number of anilines is 1. The third-order valence-electron chi connectivity index (χ3n) is 5.03. The Hall–Kier alpha value is -2.29. The highest BCUT2D eigenvalue weighted by Gasteiger charge is 2.26. The quantitative estimate of drug-likeness (QED) is 0.901. The number of aromatic carboxylic acids is 1. The first-order valence-corrected chi connectivity index (χ1v) is 8.27. The number of rotatable bonds is 4. The molecule has 0 aromatic heterocycles. The summed E-state index contributed by atoms with van der Waals surface area (Å²) in [6, 6.07) is 18.4. The van der Waals surface area contributed by atoms with Crippen LogP contribution < -0.4 is 4.90 Å². The molecule has 1 saturated carbocycles. The minimum atomic E-state index is -0.856. The van der Waals surface area contributed by atoms with Crippen LogP contribution in [0.3, 0.4) is 0 Å². The van der Waals surface area contributed by atoms with Gasteiger partial charge in [-0.1, -0.05) is 42.5 Å². The van der Waals surface area contributed by atoms with Crippen molar-refractivity contribution in [3.05, 3.63) is 65.7 Å². The van der Waals surface area contributed by atoms with Gasteiger partial charge < -0.3 is 10.0 Å². The second-order valence-electron chi connectivity index (χ2n) is 6.35. The number of carboxylic acids is 1. The van der Waals surface area contributed by atoms with Crippen molar-refractivity contribution < 1.29 is 9.90 Å². The maximum Gasteiger partial charge on any atom is 0.337 e. The molecule has 23 heavy (non-hydrogen) atoms. The minimum Gasteiger partial charge on any atom is -0.478 e. The lowest BCUT2D eigenvalue weighted by molar-refractivity contribution is 0.0697. The second-order valence-corrected chi connectivity index (χ2v) is 6.35. The molecule has 3 rings (SSSR count). The van der Waals surface area contributed by atoms with Crippen LogP contribution in [-0.2, 0) is 0 Å². The number of para-hydroxylation sites is 1. The molecule has 2 aromatic carbocycles. The molecule has 0 bridgehead atoms. The number of hydrogen-bond donors (Lipinski definition) is 1. The Morgan fingerprint density at radius 1 is 0.957 bits per heavy atom. The lowest BCUT2D eigenvalue weighted by Gasteiger charge is -2.36. The van der Waals surface area contributed by atoms with E-state index in [0.29, 0.717) is 17.5 Å². The van der Waals surface area contributed by atoms with E-state index in [1.165, 1.54) is 5.56 Å². The molecule has 0 spiro atoms. The first kappa shape index (κ1) is 15.6. The number of nitrogens with zero attached hydrogens (tertiary/aromatic N) is 1. The van der Waals surface area contributed by atoms with Crippen LogP contribution in [0.5, 0.6) is 0 Å². The van der Waals surface area contributed by atoms with Crippen LogP contribution in [0.15, 0.2) is 54.6 Å². The zero-order valence-electron chi connectivity index (χ0n) is 13.5. The molecule has 0 atom stereocenters. The fraction of sp³-hybridized carbons (Fsp3) is 0.350. The molecule has 2 aromatic rings. The molecule has 0 unspecified atom stereocenters. The van der Waals surface area contributed by atoms with E-state index in [2.05, 4.69) is 35.2 Å². The molecule has 3 heteroatoms. The van der Waals surface area contributed by atoms with Crippen LogP contribution >= 0.6 is 0 Å². The Bertz CT molecular complexity index is 660. The van der Waals surface area contributed by atoms with E-state index >= 15 is 0 Å². The lowest BCUT2D eigenvalue weighted by atomic mass is 9.81. The monoisotopic (exact) mass is 309 g/mol. The van der Waals surface area contributed by atoms with Crippen molar-refractivity contribution in [2.24, 2.45) is 0 Å². The Labute approximate surface area is 137 Å². The summed E-state index contributed by atoms with van der Waals surface area (Å²) >= 11 is 0. The van der Waals surface area contributed by atoms with Gasteiger partial charge in [-0.2, -0.15) is 0 Å². The van der Waals surface area contributed by atoms with Gasteiger partial charge in [0, 0.05) is 13.1 Å². The summed E-state index contributed by atoms with van der Waals surface area (Å²) in [5, 5.41) is 9.38. The summed E-state index contributed by atoms with van der Waals surface area (Å²) in [5.41, 5.74) is 2.64. The van der Waals surface area contributed by atoms with Gasteiger partial charge in [0.15, 0.2) is 0 Å². The zero-order valence-corrected chi connectivity index (χ0v) is 13.5. The van der Waals surface area contributed by atoms with Gasteiger partial charge in [-0.25, -0.2) is 4.79 Å². The SMILES string of the molecule is CN(c1ccccc1C(=O)O)C1CCC(c2ccccc2)CC1. The van der Waals surface area contributed by atoms with E-state index in [4.69, 9.17) is 0 Å². The Balaban J connectivity index is 1.69. The van der Waals surface area contributed by atoms with Gasteiger partial charge in [0.2, 0.25) is 0 Å². The molecular weight excluding hydrogens is 286 g/mol. The van der Waals surface area contributed by atoms with Crippen LogP contribution in [0, 0.1) is 0 Å². The highest BCUT2D eigenvalue weighted by molar-refractivity contribution is 5.94. The Morgan fingerprint density at radius 3 is 2.22 bits per heavy atom. The van der Waals surface area contributed by atoms with Gasteiger partial charge in [-0.15, -0.1) is 0 Å². The van der Waals surface area contributed by atoms with E-state index in [1.54, 1.807) is 12.1 Å². The zero-order chi connectivity index (χ0) is 16.2. The van der Waals surface area contributed by atoms with Crippen molar-refractivity contribution in [3.63, 3.8) is 0 Å². The standard InChI is InChI=1S/C20H23NO2/c1-21(19-10-6-5-9-18(19)20(22)23)17-13-11-16(12-14-17)15-7-3-2-4-8-15/h2-10,16-17H,11-14H2,1H3,(H,22,23). The molecule has 3 nitrogen and oxygen atoms in total. The molecule has 1 aliphatic rings. The lowest BCUT2D eigenvalue weighted by Crippen LogP contribution is -2.35. The first-order valence-electron chi connectivity index (χ1n) is 8.27. The Kier molecular flexibility index (Phi) is 4.65. The topological polar surface area (TPSA) is 40.5 Å². The van der Waals surface area contributed by atoms with E-state index in [9.17, 15) is 9.90 Å². The van der Waals surface area contributed by atoms with E-state index < -0.39 is 5.97 Å². The average molecular weight is 309 g/mol. The van der Waals surface area contributed by atoms with Crippen molar-refractivity contribution in [1.82, 2.24) is 0 Å². The third-order valence-corrected chi connectivity index (χ3v) is 5.03. The number of carbonyl (C=O) groups is 1. The Morgan fingerprint density at radius 2 is 1.57 bits per heavy atom. The van der Waals surface area contributed by atoms with Crippen LogP contribution in [0.1, 0.15) is 47.5 Å². The van der Waals surface area contributed by atoms with Crippen molar-refractivity contribution >= 4 is 11.7 Å². The molecule has 0 amide bonds. The van der Waals surface area contributed by atoms with E-state index in [1.807, 2.05) is 19.2 Å². The van der Waals surface area contributed by atoms with Gasteiger partial charge in [-0.3, -0.25) is 0 Å². The molecule has 0 heterocycles. The molecule has 120 valence electrons. The molecule has 1 N–H and O–H groups in total. The highest BCUT2D eigenvalue weighted by atomic mass is 16.4. The summed E-state index contributed by atoms with van der Waals surface area (Å²) in [6.07, 6.45) is 4.52. The molecule has 0 saturated heterocycles. The second kappa shape index (κ2) is 6.86. The van der Waals surface area contributed by atoms with E-state index in [0.717, 1.165) is 31.4 Å². The third kappa shape index (κ3) is 3.39. The van der Waals surface area contributed by atoms with Crippen LogP contribution in [0.25, 0.3) is 0 Å². The summed E-state index contributed by atoms with van der Waals surface area (Å²) in [6.45, 7) is 0. The van der Waals surface area contributed by atoms with E-state index in [-0.39, 0.29) is 0 Å². The number of carboxylic acid groups (broad SMARTS) is 1. The molecule has 1 fully saturated rings. The van der Waals surface area contributed by atoms with Gasteiger partial charge >= 0.3 is 5.97 Å². The summed E-state index contributed by atoms with van der Waals surface area (Å²) in [7, 11) is 2.02. The van der Waals surface area contributed by atoms with Crippen LogP contribution in [-0.4, -0.2) is 24.2 Å². The van der Waals surface area contributed by atoms with Gasteiger partial charge in [0.25, 0.3) is 0 Å². The number of benzene rings is 2. The van der Waals surface area contributed by atoms with Gasteiger partial charge in [-0.05, 0) is 49.3 Å². The number of hydrogen-bond acceptors (Lipinski definition) is 2. The molecule has 1 aliphatic carbocycles. The predicted octanol–water partition coefficient (Wildman–Crippen LogP) is 4.55. The molecule has 0 radical (unpaired) electrons. The minimum absolute atomic E-state index is 0.389. The van der Waals surface area contributed by atoms with Gasteiger partial charge in [0.1, 0.15) is 0 Å². The maximum atomic E-state index is 11.4. The average Bonchev–Trinajstić information content (AvgIpc) is 2.62. The predicted molar refractivity (Wildman–Crippen MR) is 93.2 cm³/mol. The maximum absolute atomic E-state index is 11.4. The molecule has 0 aliphatic heterocycles. The van der Waals surface area contributed by atoms with Crippen LogP contribution in [0.4, 0.5) is 5.69 Å². The summed E-state index contributed by atoms with van der Waals surface area (Å²) < 4.78 is 0. The highest BCUT2D eigenvalue weighted by Crippen LogP contribution is 2.36. The van der Waals surface area contributed by atoms with Crippen molar-refractivity contribution in [2.75, 3.05) is 11.9 Å². The molecular formula is C20H23NO2. The first-order chi connectivity index (χ1) is 11.2. The van der Waals surface area contributed by atoms with Crippen molar-refractivity contribution in [1.29, 1.82) is 0 Å². The largest absolute Gasteiger partial charge is 0.478 e. The normalized spacial score (nSPS) is 20.9. The van der Waals surface area contributed by atoms with Crippen LogP contribution in [0.2, 0.25) is 0 Å². The fourth-order valence-corrected chi connectivity index (χ4v) is 3.68. The van der Waals surface area contributed by atoms with Crippen molar-refractivity contribution in [3.8, 4) is 0 Å². The summed E-state index contributed by atoms with van der Waals surface area (Å²) in [4.78, 5) is 13.6.